The first kappa shape index (κ1) is 21.9. The van der Waals surface area contributed by atoms with E-state index in [1.165, 1.54) is 7.11 Å². The fourth-order valence-corrected chi connectivity index (χ4v) is 3.93. The quantitative estimate of drug-likeness (QED) is 0.558. The molecule has 0 aliphatic carbocycles. The first-order valence-corrected chi connectivity index (χ1v) is 10.8. The van der Waals surface area contributed by atoms with Gasteiger partial charge in [0.05, 0.1) is 40.7 Å². The number of ether oxygens (including phenoxy) is 2. The highest BCUT2D eigenvalue weighted by Crippen LogP contribution is 2.31. The summed E-state index contributed by atoms with van der Waals surface area (Å²) in [6.07, 6.45) is 5.67. The van der Waals surface area contributed by atoms with Gasteiger partial charge in [0.2, 0.25) is 0 Å². The first-order chi connectivity index (χ1) is 15.6. The molecule has 2 heterocycles. The highest BCUT2D eigenvalue weighted by atomic mass is 35.5. The Hall–Kier alpha value is -3.29. The lowest BCUT2D eigenvalue weighted by Gasteiger charge is -2.16. The summed E-state index contributed by atoms with van der Waals surface area (Å²) in [6, 6.07) is 13.9. The zero-order valence-corrected chi connectivity index (χ0v) is 18.4. The van der Waals surface area contributed by atoms with Crippen LogP contribution < -0.4 is 15.4 Å². The molecule has 0 spiro atoms. The summed E-state index contributed by atoms with van der Waals surface area (Å²) in [5.74, 6) is -0.331. The van der Waals surface area contributed by atoms with Gasteiger partial charge < -0.3 is 24.7 Å². The largest absolute Gasteiger partial charge is 0.496 e. The number of nitrogens with one attached hydrogen (secondary N) is 2. The molecule has 1 fully saturated rings. The van der Waals surface area contributed by atoms with Crippen LogP contribution in [0.2, 0.25) is 5.02 Å². The number of hydrogen-bond acceptors (Lipinski definition) is 4. The van der Waals surface area contributed by atoms with Gasteiger partial charge in [0.15, 0.2) is 0 Å². The number of rotatable bonds is 7. The highest BCUT2D eigenvalue weighted by Gasteiger charge is 2.21. The molecule has 2 N–H and O–H groups in total. The molecule has 7 nitrogen and oxygen atoms in total. The number of halogens is 1. The average molecular weight is 454 g/mol. The van der Waals surface area contributed by atoms with Crippen LogP contribution in [0, 0.1) is 0 Å². The van der Waals surface area contributed by atoms with Gasteiger partial charge in [0.1, 0.15) is 5.75 Å². The number of hydrogen-bond donors (Lipinski definition) is 2. The van der Waals surface area contributed by atoms with E-state index in [1.807, 2.05) is 29.1 Å². The predicted molar refractivity (Wildman–Crippen MR) is 123 cm³/mol. The topological polar surface area (TPSA) is 81.6 Å². The third kappa shape index (κ3) is 4.79. The third-order valence-electron chi connectivity index (χ3n) is 5.33. The summed E-state index contributed by atoms with van der Waals surface area (Å²) in [5, 5.41) is 6.10. The Morgan fingerprint density at radius 2 is 1.91 bits per heavy atom. The van der Waals surface area contributed by atoms with Gasteiger partial charge in [-0.25, -0.2) is 0 Å². The molecule has 1 aromatic heterocycles. The SMILES string of the molecule is COc1cc(-n2cccc2)c(Cl)cc1C(=O)Nc1ccccc1C(=O)NCC1CCCO1. The number of aromatic nitrogens is 1. The summed E-state index contributed by atoms with van der Waals surface area (Å²) < 4.78 is 12.8. The molecule has 166 valence electrons. The van der Waals surface area contributed by atoms with Gasteiger partial charge in [0, 0.05) is 31.6 Å². The van der Waals surface area contributed by atoms with Crippen LogP contribution in [-0.2, 0) is 4.74 Å². The lowest BCUT2D eigenvalue weighted by molar-refractivity contribution is 0.0858. The van der Waals surface area contributed by atoms with E-state index in [0.717, 1.165) is 19.4 Å². The van der Waals surface area contributed by atoms with Gasteiger partial charge >= 0.3 is 0 Å². The first-order valence-electron chi connectivity index (χ1n) is 10.4. The normalized spacial score (nSPS) is 15.4. The molecule has 1 atom stereocenters. The van der Waals surface area contributed by atoms with Crippen LogP contribution in [0.5, 0.6) is 5.75 Å². The number of benzene rings is 2. The van der Waals surface area contributed by atoms with E-state index >= 15 is 0 Å². The fourth-order valence-electron chi connectivity index (χ4n) is 3.67. The van der Waals surface area contributed by atoms with E-state index in [9.17, 15) is 9.59 Å². The van der Waals surface area contributed by atoms with Crippen molar-refractivity contribution in [1.82, 2.24) is 9.88 Å². The Morgan fingerprint density at radius 3 is 2.62 bits per heavy atom. The molecule has 2 aromatic carbocycles. The van der Waals surface area contributed by atoms with Gasteiger partial charge in [-0.1, -0.05) is 23.7 Å². The molecule has 4 rings (SSSR count). The zero-order chi connectivity index (χ0) is 22.5. The van der Waals surface area contributed by atoms with Crippen molar-refractivity contribution in [3.8, 4) is 11.4 Å². The standard InChI is InChI=1S/C24H24ClN3O4/c1-31-22-14-21(28-10-4-5-11-28)19(25)13-18(22)24(30)27-20-9-3-2-8-17(20)23(29)26-15-16-7-6-12-32-16/h2-5,8-11,13-14,16H,6-7,12,15H2,1H3,(H,26,29)(H,27,30). The van der Waals surface area contributed by atoms with Crippen LogP contribution in [0.15, 0.2) is 60.9 Å². The maximum Gasteiger partial charge on any atom is 0.259 e. The number of anilines is 1. The number of carbonyl (C=O) groups excluding carboxylic acids is 2. The summed E-state index contributed by atoms with van der Waals surface area (Å²) >= 11 is 6.45. The van der Waals surface area contributed by atoms with Crippen LogP contribution in [0.4, 0.5) is 5.69 Å². The van der Waals surface area contributed by atoms with Crippen LogP contribution in [0.3, 0.4) is 0 Å². The maximum absolute atomic E-state index is 13.1. The number of carbonyl (C=O) groups is 2. The highest BCUT2D eigenvalue weighted by molar-refractivity contribution is 6.33. The van der Waals surface area contributed by atoms with E-state index < -0.39 is 5.91 Å². The van der Waals surface area contributed by atoms with Crippen molar-refractivity contribution in [2.75, 3.05) is 25.6 Å². The van der Waals surface area contributed by atoms with E-state index in [1.54, 1.807) is 36.4 Å². The molecule has 1 unspecified atom stereocenters. The van der Waals surface area contributed by atoms with Gasteiger partial charge in [-0.2, -0.15) is 0 Å². The third-order valence-corrected chi connectivity index (χ3v) is 5.63. The Labute approximate surface area is 191 Å². The van der Waals surface area contributed by atoms with Crippen LogP contribution in [-0.4, -0.2) is 42.7 Å². The summed E-state index contributed by atoms with van der Waals surface area (Å²) in [4.78, 5) is 25.8. The maximum atomic E-state index is 13.1. The molecule has 3 aromatic rings. The zero-order valence-electron chi connectivity index (χ0n) is 17.6. The smallest absolute Gasteiger partial charge is 0.259 e. The van der Waals surface area contributed by atoms with Crippen molar-refractivity contribution in [3.05, 3.63) is 77.1 Å². The Balaban J connectivity index is 1.54. The molecule has 1 aliphatic heterocycles. The van der Waals surface area contributed by atoms with Crippen LogP contribution in [0.25, 0.3) is 5.69 Å². The van der Waals surface area contributed by atoms with Crippen molar-refractivity contribution in [2.24, 2.45) is 0 Å². The molecular weight excluding hydrogens is 430 g/mol. The minimum Gasteiger partial charge on any atom is -0.496 e. The Kier molecular flexibility index (Phi) is 6.78. The number of para-hydroxylation sites is 1. The fraction of sp³-hybridized carbons (Fsp3) is 0.250. The van der Waals surface area contributed by atoms with Gasteiger partial charge in [-0.3, -0.25) is 9.59 Å². The van der Waals surface area contributed by atoms with Crippen molar-refractivity contribution in [3.63, 3.8) is 0 Å². The van der Waals surface area contributed by atoms with Crippen LogP contribution in [0.1, 0.15) is 33.6 Å². The lowest BCUT2D eigenvalue weighted by atomic mass is 10.1. The molecule has 8 heteroatoms. The number of nitrogens with zero attached hydrogens (tertiary/aromatic N) is 1. The van der Waals surface area contributed by atoms with Crippen molar-refractivity contribution in [1.29, 1.82) is 0 Å². The minimum absolute atomic E-state index is 0.0333. The lowest BCUT2D eigenvalue weighted by Crippen LogP contribution is -2.32. The second-order valence-electron chi connectivity index (χ2n) is 7.44. The molecule has 0 saturated carbocycles. The van der Waals surface area contributed by atoms with Gasteiger partial charge in [-0.05, 0) is 43.2 Å². The summed E-state index contributed by atoms with van der Waals surface area (Å²) in [6.45, 7) is 1.16. The van der Waals surface area contributed by atoms with Crippen molar-refractivity contribution >= 4 is 29.1 Å². The monoisotopic (exact) mass is 453 g/mol. The molecule has 0 bridgehead atoms. The minimum atomic E-state index is -0.429. The Morgan fingerprint density at radius 1 is 1.12 bits per heavy atom. The van der Waals surface area contributed by atoms with Gasteiger partial charge in [0.25, 0.3) is 11.8 Å². The van der Waals surface area contributed by atoms with E-state index in [0.29, 0.717) is 34.3 Å². The number of methoxy groups -OCH3 is 1. The summed E-state index contributed by atoms with van der Waals surface area (Å²) in [5.41, 5.74) is 1.73. The molecule has 0 radical (unpaired) electrons. The van der Waals surface area contributed by atoms with Gasteiger partial charge in [-0.15, -0.1) is 0 Å². The second kappa shape index (κ2) is 9.89. The summed E-state index contributed by atoms with van der Waals surface area (Å²) in [7, 11) is 1.49. The van der Waals surface area contributed by atoms with Crippen molar-refractivity contribution in [2.45, 2.75) is 18.9 Å². The molecular formula is C24H24ClN3O4. The Bertz CT molecular complexity index is 1110. The van der Waals surface area contributed by atoms with E-state index in [-0.39, 0.29) is 17.6 Å². The van der Waals surface area contributed by atoms with E-state index in [4.69, 9.17) is 21.1 Å². The molecule has 32 heavy (non-hydrogen) atoms. The van der Waals surface area contributed by atoms with Crippen LogP contribution >= 0.6 is 11.6 Å². The number of amides is 2. The molecule has 1 saturated heterocycles. The average Bonchev–Trinajstić information content (AvgIpc) is 3.52. The molecule has 2 amide bonds. The predicted octanol–water partition coefficient (Wildman–Crippen LogP) is 4.30. The van der Waals surface area contributed by atoms with E-state index in [2.05, 4.69) is 10.6 Å². The second-order valence-corrected chi connectivity index (χ2v) is 7.85. The molecule has 1 aliphatic rings. The van der Waals surface area contributed by atoms with Crippen molar-refractivity contribution < 1.29 is 19.1 Å².